The van der Waals surface area contributed by atoms with Crippen LogP contribution in [0.4, 0.5) is 4.39 Å². The number of rotatable bonds is 3. The minimum Gasteiger partial charge on any atom is -0.454 e. The van der Waals surface area contributed by atoms with Gasteiger partial charge in [0.05, 0.1) is 11.6 Å². The number of aryl methyl sites for hydroxylation is 2. The van der Waals surface area contributed by atoms with Gasteiger partial charge in [-0.2, -0.15) is 5.26 Å². The fraction of sp³-hybridized carbons (Fsp3) is 0.235. The van der Waals surface area contributed by atoms with Crippen LogP contribution in [0.2, 0.25) is 0 Å². The van der Waals surface area contributed by atoms with Crippen molar-refractivity contribution in [1.29, 1.82) is 5.26 Å². The van der Waals surface area contributed by atoms with Crippen LogP contribution in [0, 0.1) is 31.0 Å². The Bertz CT molecular complexity index is 694. The van der Waals surface area contributed by atoms with Crippen LogP contribution in [0.5, 0.6) is 11.5 Å². The van der Waals surface area contributed by atoms with E-state index >= 15 is 0 Å². The quantitative estimate of drug-likeness (QED) is 0.922. The summed E-state index contributed by atoms with van der Waals surface area (Å²) in [7, 11) is 0. The maximum absolute atomic E-state index is 14.1. The van der Waals surface area contributed by atoms with E-state index in [4.69, 9.17) is 15.7 Å². The van der Waals surface area contributed by atoms with Gasteiger partial charge in [-0.1, -0.05) is 6.07 Å². The number of hydrogen-bond acceptors (Lipinski definition) is 3. The maximum Gasteiger partial charge on any atom is 0.166 e. The Morgan fingerprint density at radius 1 is 1.19 bits per heavy atom. The van der Waals surface area contributed by atoms with Crippen molar-refractivity contribution in [2.45, 2.75) is 26.8 Å². The smallest absolute Gasteiger partial charge is 0.166 e. The van der Waals surface area contributed by atoms with E-state index in [9.17, 15) is 4.39 Å². The first-order valence-electron chi connectivity index (χ1n) is 6.66. The van der Waals surface area contributed by atoms with Crippen molar-refractivity contribution < 1.29 is 9.13 Å². The first-order chi connectivity index (χ1) is 9.92. The fourth-order valence-corrected chi connectivity index (χ4v) is 2.17. The lowest BCUT2D eigenvalue weighted by molar-refractivity contribution is 0.436. The lowest BCUT2D eigenvalue weighted by atomic mass is 10.1. The van der Waals surface area contributed by atoms with Gasteiger partial charge in [0.25, 0.3) is 0 Å². The fourth-order valence-electron chi connectivity index (χ4n) is 2.17. The number of benzene rings is 2. The van der Waals surface area contributed by atoms with E-state index in [1.165, 1.54) is 6.07 Å². The number of halogens is 1. The van der Waals surface area contributed by atoms with E-state index in [-0.39, 0.29) is 11.8 Å². The highest BCUT2D eigenvalue weighted by Gasteiger charge is 2.12. The topological polar surface area (TPSA) is 59.0 Å². The number of nitrogens with two attached hydrogens (primary N) is 1. The molecule has 0 amide bonds. The molecule has 3 nitrogen and oxygen atoms in total. The van der Waals surface area contributed by atoms with Crippen molar-refractivity contribution in [2.24, 2.45) is 5.73 Å². The molecule has 0 saturated carbocycles. The molecule has 0 unspecified atom stereocenters. The molecule has 0 aliphatic carbocycles. The summed E-state index contributed by atoms with van der Waals surface area (Å²) >= 11 is 0. The summed E-state index contributed by atoms with van der Waals surface area (Å²) in [5.41, 5.74) is 8.59. The van der Waals surface area contributed by atoms with Crippen LogP contribution in [-0.2, 0) is 0 Å². The summed E-state index contributed by atoms with van der Waals surface area (Å²) < 4.78 is 19.8. The third kappa shape index (κ3) is 3.21. The molecule has 0 aliphatic heterocycles. The Hall–Kier alpha value is -2.38. The second-order valence-electron chi connectivity index (χ2n) is 5.13. The van der Waals surface area contributed by atoms with Gasteiger partial charge in [-0.25, -0.2) is 4.39 Å². The van der Waals surface area contributed by atoms with Crippen LogP contribution < -0.4 is 10.5 Å². The van der Waals surface area contributed by atoms with Crippen LogP contribution in [0.25, 0.3) is 0 Å². The molecule has 108 valence electrons. The molecule has 0 radical (unpaired) electrons. The van der Waals surface area contributed by atoms with E-state index in [0.29, 0.717) is 16.9 Å². The molecule has 0 spiro atoms. The molecule has 1 atom stereocenters. The molecule has 2 aromatic carbocycles. The highest BCUT2D eigenvalue weighted by Crippen LogP contribution is 2.32. The van der Waals surface area contributed by atoms with Crippen molar-refractivity contribution in [3.8, 4) is 17.6 Å². The number of nitriles is 1. The van der Waals surface area contributed by atoms with Gasteiger partial charge in [-0.15, -0.1) is 0 Å². The average molecular weight is 284 g/mol. The number of ether oxygens (including phenoxy) is 1. The largest absolute Gasteiger partial charge is 0.454 e. The first-order valence-corrected chi connectivity index (χ1v) is 6.66. The zero-order valence-corrected chi connectivity index (χ0v) is 12.3. The van der Waals surface area contributed by atoms with Gasteiger partial charge in [-0.05, 0) is 61.7 Å². The first kappa shape index (κ1) is 15.0. The molecular formula is C17H17FN2O. The van der Waals surface area contributed by atoms with Gasteiger partial charge in [-0.3, -0.25) is 0 Å². The van der Waals surface area contributed by atoms with Gasteiger partial charge in [0.1, 0.15) is 5.75 Å². The van der Waals surface area contributed by atoms with E-state index in [1.54, 1.807) is 31.2 Å². The standard InChI is InChI=1S/C17H17FN2O/c1-10-6-13(9-19)7-11(2)17(10)21-16-5-4-14(12(3)20)8-15(16)18/h4-8,12H,20H2,1-3H3/t12-/m0/s1. The zero-order chi connectivity index (χ0) is 15.6. The Morgan fingerprint density at radius 2 is 1.81 bits per heavy atom. The van der Waals surface area contributed by atoms with E-state index in [0.717, 1.165) is 11.1 Å². The highest BCUT2D eigenvalue weighted by atomic mass is 19.1. The third-order valence-electron chi connectivity index (χ3n) is 3.28. The van der Waals surface area contributed by atoms with Crippen molar-refractivity contribution in [2.75, 3.05) is 0 Å². The predicted molar refractivity (Wildman–Crippen MR) is 79.7 cm³/mol. The molecular weight excluding hydrogens is 267 g/mol. The monoisotopic (exact) mass is 284 g/mol. The predicted octanol–water partition coefficient (Wildman–Crippen LogP) is 4.13. The minimum atomic E-state index is -0.451. The Kier molecular flexibility index (Phi) is 4.25. The van der Waals surface area contributed by atoms with Gasteiger partial charge in [0.15, 0.2) is 11.6 Å². The van der Waals surface area contributed by atoms with E-state index in [1.807, 2.05) is 13.8 Å². The summed E-state index contributed by atoms with van der Waals surface area (Å²) in [5, 5.41) is 8.93. The van der Waals surface area contributed by atoms with Crippen molar-refractivity contribution in [3.05, 3.63) is 58.4 Å². The normalized spacial score (nSPS) is 11.8. The summed E-state index contributed by atoms with van der Waals surface area (Å²) in [5.74, 6) is 0.268. The number of hydrogen-bond donors (Lipinski definition) is 1. The summed E-state index contributed by atoms with van der Waals surface area (Å²) in [6.45, 7) is 5.46. The van der Waals surface area contributed by atoms with Crippen LogP contribution >= 0.6 is 0 Å². The molecule has 2 aromatic rings. The molecule has 0 bridgehead atoms. The van der Waals surface area contributed by atoms with Crippen LogP contribution in [0.1, 0.15) is 35.2 Å². The lowest BCUT2D eigenvalue weighted by Gasteiger charge is -2.14. The molecule has 4 heteroatoms. The Labute approximate surface area is 123 Å². The molecule has 0 saturated heterocycles. The Balaban J connectivity index is 2.37. The molecule has 2 rings (SSSR count). The van der Waals surface area contributed by atoms with Crippen LogP contribution in [0.3, 0.4) is 0 Å². The van der Waals surface area contributed by atoms with E-state index < -0.39 is 5.82 Å². The molecule has 0 heterocycles. The summed E-state index contributed by atoms with van der Waals surface area (Å²) in [6.07, 6.45) is 0. The lowest BCUT2D eigenvalue weighted by Crippen LogP contribution is -2.05. The Morgan fingerprint density at radius 3 is 2.29 bits per heavy atom. The van der Waals surface area contributed by atoms with Crippen LogP contribution in [0.15, 0.2) is 30.3 Å². The third-order valence-corrected chi connectivity index (χ3v) is 3.28. The van der Waals surface area contributed by atoms with Gasteiger partial charge < -0.3 is 10.5 Å². The molecule has 21 heavy (non-hydrogen) atoms. The summed E-state index contributed by atoms with van der Waals surface area (Å²) in [4.78, 5) is 0. The molecule has 2 N–H and O–H groups in total. The number of nitrogens with zero attached hydrogens (tertiary/aromatic N) is 1. The zero-order valence-electron chi connectivity index (χ0n) is 12.3. The second-order valence-corrected chi connectivity index (χ2v) is 5.13. The van der Waals surface area contributed by atoms with Gasteiger partial charge in [0, 0.05) is 6.04 Å². The maximum atomic E-state index is 14.1. The van der Waals surface area contributed by atoms with Crippen molar-refractivity contribution in [1.82, 2.24) is 0 Å². The molecule has 0 aromatic heterocycles. The second kappa shape index (κ2) is 5.94. The van der Waals surface area contributed by atoms with Crippen LogP contribution in [-0.4, -0.2) is 0 Å². The molecule has 0 aliphatic rings. The minimum absolute atomic E-state index is 0.148. The van der Waals surface area contributed by atoms with Gasteiger partial charge in [0.2, 0.25) is 0 Å². The van der Waals surface area contributed by atoms with Crippen molar-refractivity contribution in [3.63, 3.8) is 0 Å². The molecule has 0 fully saturated rings. The highest BCUT2D eigenvalue weighted by molar-refractivity contribution is 5.49. The van der Waals surface area contributed by atoms with Crippen molar-refractivity contribution >= 4 is 0 Å². The summed E-state index contributed by atoms with van der Waals surface area (Å²) in [6, 6.07) is 10.0. The van der Waals surface area contributed by atoms with E-state index in [2.05, 4.69) is 6.07 Å². The average Bonchev–Trinajstić information content (AvgIpc) is 2.43. The SMILES string of the molecule is Cc1cc(C#N)cc(C)c1Oc1ccc([C@H](C)N)cc1F. The van der Waals surface area contributed by atoms with Gasteiger partial charge >= 0.3 is 0 Å².